The number of benzene rings is 1. The summed E-state index contributed by atoms with van der Waals surface area (Å²) < 4.78 is 0. The summed E-state index contributed by atoms with van der Waals surface area (Å²) in [5.74, 6) is 0. The number of likely N-dealkylation sites (N-methyl/N-ethyl adjacent to an activating group) is 1. The van der Waals surface area contributed by atoms with Crippen LogP contribution in [0.15, 0.2) is 24.3 Å². The van der Waals surface area contributed by atoms with Crippen molar-refractivity contribution < 1.29 is 5.11 Å². The van der Waals surface area contributed by atoms with Gasteiger partial charge in [-0.15, -0.1) is 0 Å². The van der Waals surface area contributed by atoms with Crippen LogP contribution in [0.4, 0.5) is 5.69 Å². The fraction of sp³-hybridized carbons (Fsp3) is 0.571. The summed E-state index contributed by atoms with van der Waals surface area (Å²) in [4.78, 5) is 2.22. The molecule has 2 N–H and O–H groups in total. The maximum Gasteiger partial charge on any atom is 0.0839 e. The number of rotatable bonds is 7. The minimum absolute atomic E-state index is 0.323. The summed E-state index contributed by atoms with van der Waals surface area (Å²) in [6.07, 6.45) is -0.323. The molecule has 17 heavy (non-hydrogen) atoms. The van der Waals surface area contributed by atoms with Crippen LogP contribution in [0.2, 0.25) is 0 Å². The van der Waals surface area contributed by atoms with Gasteiger partial charge in [-0.05, 0) is 32.1 Å². The van der Waals surface area contributed by atoms with Gasteiger partial charge in [-0.3, -0.25) is 0 Å². The zero-order valence-electron chi connectivity index (χ0n) is 11.1. The molecule has 0 saturated carbocycles. The summed E-state index contributed by atoms with van der Waals surface area (Å²) in [7, 11) is 0. The van der Waals surface area contributed by atoms with Crippen LogP contribution < -0.4 is 5.32 Å². The third-order valence-corrected chi connectivity index (χ3v) is 2.96. The van der Waals surface area contributed by atoms with Crippen LogP contribution >= 0.6 is 0 Å². The zero-order chi connectivity index (χ0) is 12.7. The molecular weight excluding hydrogens is 212 g/mol. The van der Waals surface area contributed by atoms with Gasteiger partial charge in [0.15, 0.2) is 0 Å². The molecule has 0 spiro atoms. The summed E-state index contributed by atoms with van der Waals surface area (Å²) in [5.41, 5.74) is 2.31. The second-order valence-corrected chi connectivity index (χ2v) is 4.39. The molecule has 1 aromatic rings. The average Bonchev–Trinajstić information content (AvgIpc) is 2.35. The lowest BCUT2D eigenvalue weighted by Gasteiger charge is -2.22. The van der Waals surface area contributed by atoms with Crippen molar-refractivity contribution in [1.82, 2.24) is 4.90 Å². The van der Waals surface area contributed by atoms with Crippen molar-refractivity contribution in [2.75, 3.05) is 31.5 Å². The van der Waals surface area contributed by atoms with E-state index in [0.29, 0.717) is 6.54 Å². The third kappa shape index (κ3) is 5.20. The van der Waals surface area contributed by atoms with Gasteiger partial charge < -0.3 is 15.3 Å². The van der Waals surface area contributed by atoms with Crippen molar-refractivity contribution in [2.45, 2.75) is 26.9 Å². The van der Waals surface area contributed by atoms with Gasteiger partial charge >= 0.3 is 0 Å². The second kappa shape index (κ2) is 7.30. The molecule has 0 saturated heterocycles. The van der Waals surface area contributed by atoms with Gasteiger partial charge in [0.2, 0.25) is 0 Å². The predicted molar refractivity (Wildman–Crippen MR) is 73.5 cm³/mol. The van der Waals surface area contributed by atoms with Crippen LogP contribution in [0.25, 0.3) is 0 Å². The first-order valence-electron chi connectivity index (χ1n) is 6.36. The number of aryl methyl sites for hydroxylation is 1. The molecule has 3 heteroatoms. The first-order valence-corrected chi connectivity index (χ1v) is 6.36. The molecule has 1 unspecified atom stereocenters. The van der Waals surface area contributed by atoms with Gasteiger partial charge in [0.05, 0.1) is 6.10 Å². The Balaban J connectivity index is 2.32. The van der Waals surface area contributed by atoms with E-state index in [1.165, 1.54) is 5.56 Å². The van der Waals surface area contributed by atoms with Crippen molar-refractivity contribution >= 4 is 5.69 Å². The monoisotopic (exact) mass is 236 g/mol. The van der Waals surface area contributed by atoms with Crippen LogP contribution in [0.3, 0.4) is 0 Å². The normalized spacial score (nSPS) is 12.8. The lowest BCUT2D eigenvalue weighted by atomic mass is 10.2. The topological polar surface area (TPSA) is 35.5 Å². The van der Waals surface area contributed by atoms with E-state index in [4.69, 9.17) is 0 Å². The standard InChI is InChI=1S/C14H24N2O/c1-4-16(5-2)11-14(17)10-15-13-8-6-12(3)7-9-13/h6-9,14-15,17H,4-5,10-11H2,1-3H3. The van der Waals surface area contributed by atoms with Crippen molar-refractivity contribution in [3.8, 4) is 0 Å². The zero-order valence-corrected chi connectivity index (χ0v) is 11.1. The number of aliphatic hydroxyl groups is 1. The molecular formula is C14H24N2O. The highest BCUT2D eigenvalue weighted by Gasteiger charge is 2.08. The Labute approximate surface area is 104 Å². The summed E-state index contributed by atoms with van der Waals surface area (Å²) in [5, 5.41) is 13.1. The quantitative estimate of drug-likeness (QED) is 0.761. The molecule has 0 fully saturated rings. The molecule has 0 aromatic heterocycles. The highest BCUT2D eigenvalue weighted by atomic mass is 16.3. The van der Waals surface area contributed by atoms with Crippen molar-refractivity contribution in [2.24, 2.45) is 0 Å². The number of nitrogens with zero attached hydrogens (tertiary/aromatic N) is 1. The minimum Gasteiger partial charge on any atom is -0.390 e. The number of nitrogens with one attached hydrogen (secondary N) is 1. The van der Waals surface area contributed by atoms with Gasteiger partial charge in [0.1, 0.15) is 0 Å². The minimum atomic E-state index is -0.323. The molecule has 0 aliphatic heterocycles. The first kappa shape index (κ1) is 14.0. The van der Waals surface area contributed by atoms with Crippen LogP contribution in [-0.4, -0.2) is 42.3 Å². The number of aliphatic hydroxyl groups excluding tert-OH is 1. The highest BCUT2D eigenvalue weighted by Crippen LogP contribution is 2.08. The molecule has 0 radical (unpaired) electrons. The molecule has 1 atom stereocenters. The van der Waals surface area contributed by atoms with E-state index in [1.54, 1.807) is 0 Å². The smallest absolute Gasteiger partial charge is 0.0839 e. The van der Waals surface area contributed by atoms with E-state index in [9.17, 15) is 5.11 Å². The predicted octanol–water partition coefficient (Wildman–Crippen LogP) is 2.11. The van der Waals surface area contributed by atoms with Crippen molar-refractivity contribution in [3.63, 3.8) is 0 Å². The molecule has 0 bridgehead atoms. The maximum absolute atomic E-state index is 9.89. The fourth-order valence-corrected chi connectivity index (χ4v) is 1.75. The van der Waals surface area contributed by atoms with Crippen LogP contribution in [0.1, 0.15) is 19.4 Å². The third-order valence-electron chi connectivity index (χ3n) is 2.96. The van der Waals surface area contributed by atoms with E-state index in [-0.39, 0.29) is 6.10 Å². The highest BCUT2D eigenvalue weighted by molar-refractivity contribution is 5.44. The number of hydrogen-bond donors (Lipinski definition) is 2. The second-order valence-electron chi connectivity index (χ2n) is 4.39. The van der Waals surface area contributed by atoms with Crippen LogP contribution in [0, 0.1) is 6.92 Å². The molecule has 1 rings (SSSR count). The number of hydrogen-bond acceptors (Lipinski definition) is 3. The van der Waals surface area contributed by atoms with Gasteiger partial charge in [-0.25, -0.2) is 0 Å². The van der Waals surface area contributed by atoms with E-state index in [0.717, 1.165) is 25.3 Å². The average molecular weight is 236 g/mol. The number of anilines is 1. The molecule has 0 amide bonds. The SMILES string of the molecule is CCN(CC)CC(O)CNc1ccc(C)cc1. The first-order chi connectivity index (χ1) is 8.15. The molecule has 0 heterocycles. The summed E-state index contributed by atoms with van der Waals surface area (Å²) >= 11 is 0. The Morgan fingerprint density at radius 3 is 2.29 bits per heavy atom. The van der Waals surface area contributed by atoms with Gasteiger partial charge in [-0.1, -0.05) is 31.5 Å². The Kier molecular flexibility index (Phi) is 6.01. The van der Waals surface area contributed by atoms with Crippen LogP contribution in [-0.2, 0) is 0 Å². The van der Waals surface area contributed by atoms with E-state index < -0.39 is 0 Å². The van der Waals surface area contributed by atoms with Crippen molar-refractivity contribution in [1.29, 1.82) is 0 Å². The fourth-order valence-electron chi connectivity index (χ4n) is 1.75. The van der Waals surface area contributed by atoms with Crippen LogP contribution in [0.5, 0.6) is 0 Å². The molecule has 96 valence electrons. The lowest BCUT2D eigenvalue weighted by molar-refractivity contribution is 0.128. The van der Waals surface area contributed by atoms with E-state index in [1.807, 2.05) is 12.1 Å². The Morgan fingerprint density at radius 2 is 1.76 bits per heavy atom. The van der Waals surface area contributed by atoms with Gasteiger partial charge in [0, 0.05) is 18.8 Å². The summed E-state index contributed by atoms with van der Waals surface area (Å²) in [6, 6.07) is 8.22. The Morgan fingerprint density at radius 1 is 1.18 bits per heavy atom. The van der Waals surface area contributed by atoms with Crippen molar-refractivity contribution in [3.05, 3.63) is 29.8 Å². The Hall–Kier alpha value is -1.06. The molecule has 1 aromatic carbocycles. The molecule has 0 aliphatic carbocycles. The molecule has 3 nitrogen and oxygen atoms in total. The van der Waals surface area contributed by atoms with E-state index in [2.05, 4.69) is 43.1 Å². The molecule has 0 aliphatic rings. The largest absolute Gasteiger partial charge is 0.390 e. The Bertz CT molecular complexity index is 307. The van der Waals surface area contributed by atoms with Gasteiger partial charge in [-0.2, -0.15) is 0 Å². The summed E-state index contributed by atoms with van der Waals surface area (Å²) in [6.45, 7) is 9.59. The van der Waals surface area contributed by atoms with Gasteiger partial charge in [0.25, 0.3) is 0 Å². The lowest BCUT2D eigenvalue weighted by Crippen LogP contribution is -2.35. The van der Waals surface area contributed by atoms with E-state index >= 15 is 0 Å². The maximum atomic E-state index is 9.89.